The van der Waals surface area contributed by atoms with Gasteiger partial charge in [-0.1, -0.05) is 27.2 Å². The fraction of sp³-hybridized carbons (Fsp3) is 0.923. The summed E-state index contributed by atoms with van der Waals surface area (Å²) < 4.78 is 5.21. The van der Waals surface area contributed by atoms with Gasteiger partial charge in [-0.05, 0) is 18.8 Å². The molecule has 1 fully saturated rings. The van der Waals surface area contributed by atoms with E-state index in [4.69, 9.17) is 4.74 Å². The Morgan fingerprint density at radius 3 is 2.76 bits per heavy atom. The van der Waals surface area contributed by atoms with E-state index in [-0.39, 0.29) is 18.0 Å². The molecule has 4 heteroatoms. The van der Waals surface area contributed by atoms with Gasteiger partial charge in [0.15, 0.2) is 0 Å². The van der Waals surface area contributed by atoms with Crippen molar-refractivity contribution in [3.63, 3.8) is 0 Å². The molecule has 0 aromatic carbocycles. The third-order valence-electron chi connectivity index (χ3n) is 3.22. The average molecular weight is 242 g/mol. The van der Waals surface area contributed by atoms with Gasteiger partial charge in [0.25, 0.3) is 0 Å². The topological polar surface area (TPSA) is 41.6 Å². The first-order chi connectivity index (χ1) is 8.10. The number of ether oxygens (including phenoxy) is 1. The van der Waals surface area contributed by atoms with E-state index in [0.717, 1.165) is 19.3 Å². The van der Waals surface area contributed by atoms with Gasteiger partial charge in [-0.15, -0.1) is 0 Å². The second-order valence-corrected chi connectivity index (χ2v) is 5.25. The second-order valence-electron chi connectivity index (χ2n) is 5.25. The lowest BCUT2D eigenvalue weighted by Gasteiger charge is -2.26. The summed E-state index contributed by atoms with van der Waals surface area (Å²) in [5.74, 6) is 0.789. The molecule has 1 saturated heterocycles. The molecule has 0 aliphatic carbocycles. The fourth-order valence-corrected chi connectivity index (χ4v) is 2.39. The Morgan fingerprint density at radius 2 is 2.24 bits per heavy atom. The quantitative estimate of drug-likeness (QED) is 0.737. The van der Waals surface area contributed by atoms with E-state index in [1.54, 1.807) is 7.11 Å². The summed E-state index contributed by atoms with van der Waals surface area (Å²) in [6.45, 7) is 7.74. The number of rotatable bonds is 7. The number of amides is 1. The van der Waals surface area contributed by atoms with Crippen LogP contribution in [-0.4, -0.2) is 43.3 Å². The lowest BCUT2D eigenvalue weighted by atomic mass is 10.0. The van der Waals surface area contributed by atoms with Gasteiger partial charge < -0.3 is 9.64 Å². The highest BCUT2D eigenvalue weighted by molar-refractivity contribution is 5.84. The molecule has 0 spiro atoms. The maximum atomic E-state index is 12.2. The minimum atomic E-state index is 0.00575. The Bertz CT molecular complexity index is 238. The molecular formula is C13H26N2O2. The van der Waals surface area contributed by atoms with E-state index in [2.05, 4.69) is 26.1 Å². The highest BCUT2D eigenvalue weighted by atomic mass is 16.5. The summed E-state index contributed by atoms with van der Waals surface area (Å²) in [5, 5.41) is 3.31. The maximum absolute atomic E-state index is 12.2. The van der Waals surface area contributed by atoms with E-state index in [0.29, 0.717) is 19.2 Å². The molecule has 0 aromatic heterocycles. The molecule has 1 rings (SSSR count). The minimum Gasteiger partial charge on any atom is -0.383 e. The molecule has 1 amide bonds. The normalized spacial score (nSPS) is 22.5. The third-order valence-corrected chi connectivity index (χ3v) is 3.22. The molecule has 0 aromatic rings. The second kappa shape index (κ2) is 6.97. The molecule has 1 heterocycles. The van der Waals surface area contributed by atoms with Crippen LogP contribution in [0.1, 0.15) is 40.0 Å². The van der Waals surface area contributed by atoms with Crippen molar-refractivity contribution in [1.82, 2.24) is 10.2 Å². The molecule has 17 heavy (non-hydrogen) atoms. The van der Waals surface area contributed by atoms with Crippen LogP contribution >= 0.6 is 0 Å². The van der Waals surface area contributed by atoms with Gasteiger partial charge in [-0.3, -0.25) is 10.1 Å². The van der Waals surface area contributed by atoms with Gasteiger partial charge in [-0.2, -0.15) is 0 Å². The third kappa shape index (κ3) is 3.96. The molecular weight excluding hydrogens is 216 g/mol. The fourth-order valence-electron chi connectivity index (χ4n) is 2.39. The van der Waals surface area contributed by atoms with E-state index < -0.39 is 0 Å². The van der Waals surface area contributed by atoms with Crippen molar-refractivity contribution in [2.45, 2.75) is 52.1 Å². The van der Waals surface area contributed by atoms with Gasteiger partial charge in [0, 0.05) is 7.11 Å². The largest absolute Gasteiger partial charge is 0.383 e. The number of carbonyl (C=O) groups is 1. The maximum Gasteiger partial charge on any atom is 0.241 e. The van der Waals surface area contributed by atoms with Crippen LogP contribution in [0.2, 0.25) is 0 Å². The summed E-state index contributed by atoms with van der Waals surface area (Å²) >= 11 is 0. The zero-order chi connectivity index (χ0) is 12.8. The Morgan fingerprint density at radius 1 is 1.53 bits per heavy atom. The first-order valence-corrected chi connectivity index (χ1v) is 6.62. The van der Waals surface area contributed by atoms with Gasteiger partial charge in [0.05, 0.1) is 25.4 Å². The predicted molar refractivity (Wildman–Crippen MR) is 68.7 cm³/mol. The van der Waals surface area contributed by atoms with Crippen molar-refractivity contribution in [1.29, 1.82) is 0 Å². The molecule has 0 bridgehead atoms. The summed E-state index contributed by atoms with van der Waals surface area (Å²) in [6.07, 6.45) is 3.00. The van der Waals surface area contributed by atoms with E-state index in [1.165, 1.54) is 0 Å². The molecule has 0 radical (unpaired) electrons. The number of carbonyl (C=O) groups excluding carboxylic acids is 1. The number of hydrogen-bond donors (Lipinski definition) is 1. The van der Waals surface area contributed by atoms with E-state index >= 15 is 0 Å². The molecule has 1 aliphatic rings. The standard InChI is InChI=1S/C13H26N2O2/c1-5-6-11(8-17-4)15-9-14-12(13(15)16)7-10(2)3/h10-12,14H,5-9H2,1-4H3. The number of methoxy groups -OCH3 is 1. The molecule has 4 nitrogen and oxygen atoms in total. The predicted octanol–water partition coefficient (Wildman–Crippen LogP) is 1.61. The van der Waals surface area contributed by atoms with Crippen molar-refractivity contribution in [3.8, 4) is 0 Å². The molecule has 1 N–H and O–H groups in total. The summed E-state index contributed by atoms with van der Waals surface area (Å²) in [6, 6.07) is 0.230. The van der Waals surface area contributed by atoms with Gasteiger partial charge in [0.2, 0.25) is 5.91 Å². The van der Waals surface area contributed by atoms with Gasteiger partial charge in [-0.25, -0.2) is 0 Å². The first kappa shape index (κ1) is 14.5. The molecule has 0 saturated carbocycles. The molecule has 1 aliphatic heterocycles. The summed E-state index contributed by atoms with van der Waals surface area (Å²) in [5.41, 5.74) is 0. The van der Waals surface area contributed by atoms with Crippen molar-refractivity contribution in [2.75, 3.05) is 20.4 Å². The van der Waals surface area contributed by atoms with E-state index in [1.807, 2.05) is 4.90 Å². The van der Waals surface area contributed by atoms with Crippen molar-refractivity contribution < 1.29 is 9.53 Å². The van der Waals surface area contributed by atoms with Gasteiger partial charge >= 0.3 is 0 Å². The smallest absolute Gasteiger partial charge is 0.241 e. The highest BCUT2D eigenvalue weighted by Gasteiger charge is 2.35. The number of nitrogens with zero attached hydrogens (tertiary/aromatic N) is 1. The zero-order valence-corrected chi connectivity index (χ0v) is 11.5. The SMILES string of the molecule is CCCC(COC)N1CNC(CC(C)C)C1=O. The molecule has 2 atom stereocenters. The van der Waals surface area contributed by atoms with Crippen LogP contribution in [0, 0.1) is 5.92 Å². The van der Waals surface area contributed by atoms with Crippen LogP contribution in [-0.2, 0) is 9.53 Å². The highest BCUT2D eigenvalue weighted by Crippen LogP contribution is 2.17. The summed E-state index contributed by atoms with van der Waals surface area (Å²) in [4.78, 5) is 14.2. The van der Waals surface area contributed by atoms with Crippen molar-refractivity contribution >= 4 is 5.91 Å². The van der Waals surface area contributed by atoms with Crippen LogP contribution in [0.3, 0.4) is 0 Å². The van der Waals surface area contributed by atoms with Crippen LogP contribution in [0.4, 0.5) is 0 Å². The van der Waals surface area contributed by atoms with Crippen molar-refractivity contribution in [3.05, 3.63) is 0 Å². The van der Waals surface area contributed by atoms with Crippen molar-refractivity contribution in [2.24, 2.45) is 5.92 Å². The Labute approximate surface area is 105 Å². The van der Waals surface area contributed by atoms with Crippen LogP contribution in [0.15, 0.2) is 0 Å². The lowest BCUT2D eigenvalue weighted by Crippen LogP contribution is -2.41. The summed E-state index contributed by atoms with van der Waals surface area (Å²) in [7, 11) is 1.70. The molecule has 2 unspecified atom stereocenters. The lowest BCUT2D eigenvalue weighted by molar-refractivity contribution is -0.132. The Balaban J connectivity index is 2.56. The van der Waals surface area contributed by atoms with Crippen LogP contribution in [0.5, 0.6) is 0 Å². The number of hydrogen-bond acceptors (Lipinski definition) is 3. The first-order valence-electron chi connectivity index (χ1n) is 6.62. The molecule has 100 valence electrons. The Hall–Kier alpha value is -0.610. The average Bonchev–Trinajstić information content (AvgIpc) is 2.60. The monoisotopic (exact) mass is 242 g/mol. The minimum absolute atomic E-state index is 0.00575. The van der Waals surface area contributed by atoms with Gasteiger partial charge in [0.1, 0.15) is 0 Å². The Kier molecular flexibility index (Phi) is 5.92. The van der Waals surface area contributed by atoms with Crippen LogP contribution < -0.4 is 5.32 Å². The zero-order valence-electron chi connectivity index (χ0n) is 11.5. The van der Waals surface area contributed by atoms with Crippen LogP contribution in [0.25, 0.3) is 0 Å². The van der Waals surface area contributed by atoms with E-state index in [9.17, 15) is 4.79 Å². The number of nitrogens with one attached hydrogen (secondary N) is 1.